The van der Waals surface area contributed by atoms with E-state index in [-0.39, 0.29) is 41.1 Å². The third kappa shape index (κ3) is 14.6. The summed E-state index contributed by atoms with van der Waals surface area (Å²) in [6.45, 7) is 2.19. The zero-order valence-electron chi connectivity index (χ0n) is 21.5. The molecule has 0 fully saturated rings. The number of esters is 2. The molecule has 1 heterocycles. The summed E-state index contributed by atoms with van der Waals surface area (Å²) in [5.41, 5.74) is 7.33. The summed E-state index contributed by atoms with van der Waals surface area (Å²) in [5.74, 6) is -1.11. The first-order valence-electron chi connectivity index (χ1n) is 11.6. The van der Waals surface area contributed by atoms with Crippen LogP contribution in [0.25, 0.3) is 11.3 Å². The maximum Gasteiger partial charge on any atom is 0.306 e. The maximum atomic E-state index is 12.8. The number of ketones is 1. The van der Waals surface area contributed by atoms with E-state index in [2.05, 4.69) is 37.9 Å². The first kappa shape index (κ1) is 33.9. The molecule has 12 heteroatoms. The van der Waals surface area contributed by atoms with E-state index in [0.717, 1.165) is 16.3 Å². The predicted molar refractivity (Wildman–Crippen MR) is 155 cm³/mol. The minimum absolute atomic E-state index is 0.0370. The number of aromatic nitrogens is 1. The number of carbonyl (C=O) groups is 3. The zero-order chi connectivity index (χ0) is 29.2. The number of halogens is 3. The fraction of sp³-hybridized carbons (Fsp3) is 0.296. The highest BCUT2D eigenvalue weighted by atomic mass is 79.9. The molecule has 0 saturated heterocycles. The van der Waals surface area contributed by atoms with Crippen molar-refractivity contribution < 1.29 is 32.6 Å². The Kier molecular flexibility index (Phi) is 16.6. The van der Waals surface area contributed by atoms with Crippen molar-refractivity contribution in [3.05, 3.63) is 76.1 Å². The lowest BCUT2D eigenvalue weighted by Crippen LogP contribution is -2.10. The minimum atomic E-state index is -0.323. The van der Waals surface area contributed by atoms with Crippen LogP contribution in [0.3, 0.4) is 0 Å². The minimum Gasteiger partial charge on any atom is -0.469 e. The van der Waals surface area contributed by atoms with Crippen LogP contribution in [0.5, 0.6) is 0 Å². The van der Waals surface area contributed by atoms with Crippen molar-refractivity contribution in [2.24, 2.45) is 5.73 Å². The highest BCUT2D eigenvalue weighted by Gasteiger charge is 2.08. The largest absolute Gasteiger partial charge is 0.469 e. The monoisotopic (exact) mass is 642 g/mol. The van der Waals surface area contributed by atoms with Crippen LogP contribution in [-0.2, 0) is 25.5 Å². The van der Waals surface area contributed by atoms with Crippen LogP contribution in [0.1, 0.15) is 41.6 Å². The van der Waals surface area contributed by atoms with Gasteiger partial charge in [-0.15, -0.1) is 11.3 Å². The van der Waals surface area contributed by atoms with Gasteiger partial charge in [0.15, 0.2) is 5.78 Å². The second-order valence-electron chi connectivity index (χ2n) is 7.54. The number of rotatable bonds is 10. The van der Waals surface area contributed by atoms with Crippen molar-refractivity contribution in [3.63, 3.8) is 0 Å². The van der Waals surface area contributed by atoms with Gasteiger partial charge in [0.25, 0.3) is 0 Å². The van der Waals surface area contributed by atoms with E-state index in [9.17, 15) is 23.2 Å². The summed E-state index contributed by atoms with van der Waals surface area (Å²) in [4.78, 5) is 37.4. The number of Topliss-reactive ketones (excluding diaryl/α,β-unsaturated/α-hetero) is 1. The Morgan fingerprint density at radius 1 is 0.974 bits per heavy atom. The standard InChI is InChI=1S/C14H14FNO2S.C8H6BrFO.C5H9NO2S/c1-2-18-14(17)8-7-13-16-12(9-19-13)10-3-5-11(15)6-4-10;9-5-8(11)6-1-3-7(10)4-2-6;1-8-5(7)3-2-4(6)9/h3-6,9H,2,7-8H2,1H3;1-4H,5H2;2-3H2,1H3,(H2,6,9). The lowest BCUT2D eigenvalue weighted by atomic mass is 10.1. The third-order valence-electron chi connectivity index (χ3n) is 4.63. The average molecular weight is 644 g/mol. The van der Waals surface area contributed by atoms with E-state index in [0.29, 0.717) is 36.4 Å². The fourth-order valence-electron chi connectivity index (χ4n) is 2.66. The summed E-state index contributed by atoms with van der Waals surface area (Å²) < 4.78 is 34.4. The highest BCUT2D eigenvalue weighted by Crippen LogP contribution is 2.23. The van der Waals surface area contributed by atoms with Gasteiger partial charge in [-0.25, -0.2) is 13.8 Å². The van der Waals surface area contributed by atoms with Gasteiger partial charge in [-0.3, -0.25) is 14.4 Å². The molecule has 0 aliphatic rings. The number of ether oxygens (including phenoxy) is 2. The fourth-order valence-corrected chi connectivity index (χ4v) is 3.89. The van der Waals surface area contributed by atoms with Crippen LogP contribution in [-0.4, -0.2) is 46.7 Å². The summed E-state index contributed by atoms with van der Waals surface area (Å²) >= 11 is 9.05. The van der Waals surface area contributed by atoms with Gasteiger partial charge in [-0.05, 0) is 55.5 Å². The average Bonchev–Trinajstić information content (AvgIpc) is 3.41. The quantitative estimate of drug-likeness (QED) is 0.123. The van der Waals surface area contributed by atoms with Crippen LogP contribution < -0.4 is 5.73 Å². The van der Waals surface area contributed by atoms with Crippen LogP contribution in [0.4, 0.5) is 8.78 Å². The lowest BCUT2D eigenvalue weighted by Gasteiger charge is -1.99. The number of benzene rings is 2. The molecule has 1 aromatic heterocycles. The van der Waals surface area contributed by atoms with Gasteiger partial charge >= 0.3 is 11.9 Å². The van der Waals surface area contributed by atoms with Crippen molar-refractivity contribution in [2.45, 2.75) is 32.6 Å². The van der Waals surface area contributed by atoms with E-state index in [1.165, 1.54) is 54.8 Å². The van der Waals surface area contributed by atoms with Gasteiger partial charge in [-0.2, -0.15) is 0 Å². The van der Waals surface area contributed by atoms with Crippen molar-refractivity contribution >= 4 is 62.2 Å². The molecular weight excluding hydrogens is 614 g/mol. The van der Waals surface area contributed by atoms with E-state index in [1.807, 2.05) is 5.38 Å². The molecule has 0 spiro atoms. The molecule has 7 nitrogen and oxygen atoms in total. The Balaban J connectivity index is 0.000000324. The second-order valence-corrected chi connectivity index (χ2v) is 9.57. The number of methoxy groups -OCH3 is 1. The number of thiazole rings is 1. The zero-order valence-corrected chi connectivity index (χ0v) is 24.7. The molecule has 2 aromatic carbocycles. The third-order valence-corrected chi connectivity index (χ3v) is 6.25. The van der Waals surface area contributed by atoms with Gasteiger partial charge < -0.3 is 15.2 Å². The van der Waals surface area contributed by atoms with Gasteiger partial charge in [0, 0.05) is 29.3 Å². The van der Waals surface area contributed by atoms with Crippen molar-refractivity contribution in [3.8, 4) is 11.3 Å². The summed E-state index contributed by atoms with van der Waals surface area (Å²) in [6.07, 6.45) is 1.63. The number of hydrogen-bond donors (Lipinski definition) is 1. The van der Waals surface area contributed by atoms with Gasteiger partial charge in [0.05, 0.1) is 47.6 Å². The molecular formula is C27H29BrF2N2O5S2. The molecule has 0 bridgehead atoms. The second kappa shape index (κ2) is 19.0. The Labute approximate surface area is 243 Å². The van der Waals surface area contributed by atoms with E-state index >= 15 is 0 Å². The van der Waals surface area contributed by atoms with Crippen molar-refractivity contribution in [2.75, 3.05) is 19.0 Å². The number of hydrogen-bond acceptors (Lipinski definition) is 8. The molecule has 0 amide bonds. The summed E-state index contributed by atoms with van der Waals surface area (Å²) in [5, 5.41) is 3.07. The summed E-state index contributed by atoms with van der Waals surface area (Å²) in [6, 6.07) is 11.7. The molecule has 2 N–H and O–H groups in total. The molecule has 3 aromatic rings. The molecule has 0 aliphatic heterocycles. The van der Waals surface area contributed by atoms with Gasteiger partial charge in [0.1, 0.15) is 11.6 Å². The first-order valence-corrected chi connectivity index (χ1v) is 14.1. The SMILES string of the molecule is CCOC(=O)CCc1nc(-c2ccc(F)cc2)cs1.COC(=O)CCC(N)=S.O=C(CBr)c1ccc(F)cc1. The molecule has 0 atom stereocenters. The van der Waals surface area contributed by atoms with E-state index in [1.54, 1.807) is 19.1 Å². The highest BCUT2D eigenvalue weighted by molar-refractivity contribution is 9.09. The first-order chi connectivity index (χ1) is 18.6. The Hall–Kier alpha value is -3.09. The van der Waals surface area contributed by atoms with Crippen molar-refractivity contribution in [1.29, 1.82) is 0 Å². The van der Waals surface area contributed by atoms with E-state index < -0.39 is 0 Å². The van der Waals surface area contributed by atoms with Crippen LogP contribution in [0.2, 0.25) is 0 Å². The maximum absolute atomic E-state index is 12.8. The van der Waals surface area contributed by atoms with Crippen LogP contribution in [0.15, 0.2) is 53.9 Å². The Morgan fingerprint density at radius 2 is 1.56 bits per heavy atom. The Morgan fingerprint density at radius 3 is 2.08 bits per heavy atom. The smallest absolute Gasteiger partial charge is 0.306 e. The lowest BCUT2D eigenvalue weighted by molar-refractivity contribution is -0.143. The van der Waals surface area contributed by atoms with Gasteiger partial charge in [-0.1, -0.05) is 28.1 Å². The number of aryl methyl sites for hydroxylation is 1. The number of nitrogens with zero attached hydrogens (tertiary/aromatic N) is 1. The van der Waals surface area contributed by atoms with Crippen LogP contribution >= 0.6 is 39.5 Å². The van der Waals surface area contributed by atoms with Crippen LogP contribution in [0, 0.1) is 11.6 Å². The number of nitrogens with two attached hydrogens (primary N) is 1. The predicted octanol–water partition coefficient (Wildman–Crippen LogP) is 6.07. The molecule has 210 valence electrons. The molecule has 0 aliphatic carbocycles. The molecule has 0 radical (unpaired) electrons. The molecule has 0 saturated carbocycles. The van der Waals surface area contributed by atoms with Gasteiger partial charge in [0.2, 0.25) is 0 Å². The molecule has 0 unspecified atom stereocenters. The molecule has 3 rings (SSSR count). The Bertz CT molecular complexity index is 1210. The van der Waals surface area contributed by atoms with Crippen molar-refractivity contribution in [1.82, 2.24) is 4.98 Å². The summed E-state index contributed by atoms with van der Waals surface area (Å²) in [7, 11) is 1.34. The number of alkyl halides is 1. The molecule has 39 heavy (non-hydrogen) atoms. The normalized spacial score (nSPS) is 9.77. The topological polar surface area (TPSA) is 109 Å². The van der Waals surface area contributed by atoms with E-state index in [4.69, 9.17) is 10.5 Å². The number of carbonyl (C=O) groups excluding carboxylic acids is 3. The number of thiocarbonyl (C=S) groups is 1.